The number of methoxy groups -OCH3 is 1. The highest BCUT2D eigenvalue weighted by Gasteiger charge is 2.27. The molecule has 7 heteroatoms. The molecule has 3 rings (SSSR count). The summed E-state index contributed by atoms with van der Waals surface area (Å²) in [6.07, 6.45) is 0. The summed E-state index contributed by atoms with van der Waals surface area (Å²) in [7, 11) is 1.65. The molecule has 1 aliphatic heterocycles. The van der Waals surface area contributed by atoms with E-state index in [1.165, 1.54) is 4.90 Å². The van der Waals surface area contributed by atoms with Crippen LogP contribution in [0.4, 0.5) is 0 Å². The van der Waals surface area contributed by atoms with Crippen molar-refractivity contribution in [1.82, 2.24) is 5.32 Å². The largest absolute Gasteiger partial charge is 0.497 e. The number of amides is 1. The van der Waals surface area contributed by atoms with Gasteiger partial charge >= 0.3 is 0 Å². The first-order valence-corrected chi connectivity index (χ1v) is 9.63. The van der Waals surface area contributed by atoms with Gasteiger partial charge in [0.15, 0.2) is 0 Å². The SMILES string of the molecule is COc1ccc([C@H](CNC(=O)c2ccc(Cl)c(Cl)c2)[NH+]2CCOCC2)cc1. The van der Waals surface area contributed by atoms with Gasteiger partial charge < -0.3 is 19.7 Å². The maximum atomic E-state index is 12.6. The van der Waals surface area contributed by atoms with Crippen molar-refractivity contribution in [2.24, 2.45) is 0 Å². The van der Waals surface area contributed by atoms with Crippen molar-refractivity contribution in [2.75, 3.05) is 40.0 Å². The number of morpholine rings is 1. The van der Waals surface area contributed by atoms with E-state index in [0.29, 0.717) is 22.2 Å². The summed E-state index contributed by atoms with van der Waals surface area (Å²) >= 11 is 12.0. The fraction of sp³-hybridized carbons (Fsp3) is 0.350. The van der Waals surface area contributed by atoms with E-state index in [9.17, 15) is 4.79 Å². The molecule has 1 amide bonds. The number of benzene rings is 2. The Morgan fingerprint density at radius 2 is 1.85 bits per heavy atom. The summed E-state index contributed by atoms with van der Waals surface area (Å²) in [6, 6.07) is 13.0. The molecular weight excluding hydrogens is 387 g/mol. The van der Waals surface area contributed by atoms with Gasteiger partial charge in [-0.1, -0.05) is 23.2 Å². The van der Waals surface area contributed by atoms with Gasteiger partial charge in [0.2, 0.25) is 0 Å². The third-order valence-corrected chi connectivity index (χ3v) is 5.53. The lowest BCUT2D eigenvalue weighted by atomic mass is 10.0. The van der Waals surface area contributed by atoms with Gasteiger partial charge in [0.05, 0.1) is 36.9 Å². The lowest BCUT2D eigenvalue weighted by Gasteiger charge is -2.32. The molecule has 2 aromatic rings. The Kier molecular flexibility index (Phi) is 6.96. The average molecular weight is 410 g/mol. The molecule has 2 N–H and O–H groups in total. The molecule has 0 radical (unpaired) electrons. The minimum atomic E-state index is -0.167. The van der Waals surface area contributed by atoms with Crippen molar-refractivity contribution in [3.8, 4) is 5.75 Å². The standard InChI is InChI=1S/C20H22Cl2N2O3/c1-26-16-5-2-14(3-6-16)19(24-8-10-27-11-9-24)13-23-20(25)15-4-7-17(21)18(22)12-15/h2-7,12,19H,8-11,13H2,1H3,(H,23,25)/p+1/t19-/m0/s1. The highest BCUT2D eigenvalue weighted by Crippen LogP contribution is 2.22. The number of hydrogen-bond acceptors (Lipinski definition) is 3. The van der Waals surface area contributed by atoms with Crippen molar-refractivity contribution in [2.45, 2.75) is 6.04 Å². The van der Waals surface area contributed by atoms with E-state index in [2.05, 4.69) is 17.4 Å². The summed E-state index contributed by atoms with van der Waals surface area (Å²) in [6.45, 7) is 3.77. The fourth-order valence-corrected chi connectivity index (χ4v) is 3.55. The first-order chi connectivity index (χ1) is 13.1. The number of quaternary nitrogens is 1. The van der Waals surface area contributed by atoms with Crippen LogP contribution >= 0.6 is 23.2 Å². The molecule has 2 aromatic carbocycles. The fourth-order valence-electron chi connectivity index (χ4n) is 3.25. The first-order valence-electron chi connectivity index (χ1n) is 8.88. The highest BCUT2D eigenvalue weighted by atomic mass is 35.5. The van der Waals surface area contributed by atoms with E-state index in [-0.39, 0.29) is 11.9 Å². The second-order valence-corrected chi connectivity index (χ2v) is 7.25. The minimum Gasteiger partial charge on any atom is -0.497 e. The lowest BCUT2D eigenvalue weighted by Crippen LogP contribution is -3.15. The third kappa shape index (κ3) is 5.14. The second-order valence-electron chi connectivity index (χ2n) is 6.44. The van der Waals surface area contributed by atoms with E-state index in [0.717, 1.165) is 37.6 Å². The molecule has 0 bridgehead atoms. The van der Waals surface area contributed by atoms with Crippen LogP contribution in [0.2, 0.25) is 10.0 Å². The molecule has 1 fully saturated rings. The Bertz CT molecular complexity index is 777. The van der Waals surface area contributed by atoms with Gasteiger partial charge in [-0.2, -0.15) is 0 Å². The zero-order valence-corrected chi connectivity index (χ0v) is 16.6. The maximum absolute atomic E-state index is 12.6. The van der Waals surface area contributed by atoms with Gasteiger partial charge in [0, 0.05) is 11.1 Å². The Balaban J connectivity index is 1.73. The van der Waals surface area contributed by atoms with Crippen molar-refractivity contribution in [3.05, 3.63) is 63.6 Å². The number of carbonyl (C=O) groups excluding carboxylic acids is 1. The normalized spacial score (nSPS) is 16.0. The van der Waals surface area contributed by atoms with Crippen LogP contribution in [-0.2, 0) is 4.74 Å². The van der Waals surface area contributed by atoms with Gasteiger partial charge in [-0.15, -0.1) is 0 Å². The highest BCUT2D eigenvalue weighted by molar-refractivity contribution is 6.42. The number of halogens is 2. The zero-order chi connectivity index (χ0) is 19.2. The average Bonchev–Trinajstić information content (AvgIpc) is 2.71. The molecule has 0 spiro atoms. The number of nitrogens with one attached hydrogen (secondary N) is 2. The molecule has 5 nitrogen and oxygen atoms in total. The molecule has 1 heterocycles. The second kappa shape index (κ2) is 9.42. The maximum Gasteiger partial charge on any atom is 0.251 e. The van der Waals surface area contributed by atoms with Crippen LogP contribution in [0.3, 0.4) is 0 Å². The van der Waals surface area contributed by atoms with Gasteiger partial charge in [-0.05, 0) is 42.5 Å². The minimum absolute atomic E-state index is 0.131. The predicted octanol–water partition coefficient (Wildman–Crippen LogP) is 2.39. The topological polar surface area (TPSA) is 52.0 Å². The van der Waals surface area contributed by atoms with Gasteiger partial charge in [0.1, 0.15) is 24.9 Å². The Labute approximate surface area is 169 Å². The summed E-state index contributed by atoms with van der Waals surface area (Å²) < 4.78 is 10.7. The molecule has 144 valence electrons. The van der Waals surface area contributed by atoms with Crippen LogP contribution < -0.4 is 15.0 Å². The molecule has 27 heavy (non-hydrogen) atoms. The number of rotatable bonds is 6. The van der Waals surface area contributed by atoms with Gasteiger partial charge in [-0.3, -0.25) is 4.79 Å². The summed E-state index contributed by atoms with van der Waals surface area (Å²) in [5.74, 6) is 0.647. The predicted molar refractivity (Wildman–Crippen MR) is 106 cm³/mol. The smallest absolute Gasteiger partial charge is 0.251 e. The van der Waals surface area contributed by atoms with Crippen molar-refractivity contribution in [1.29, 1.82) is 0 Å². The molecule has 0 unspecified atom stereocenters. The number of hydrogen-bond donors (Lipinski definition) is 2. The molecule has 1 saturated heterocycles. The van der Waals surface area contributed by atoms with E-state index in [1.807, 2.05) is 12.1 Å². The van der Waals surface area contributed by atoms with E-state index >= 15 is 0 Å². The number of carbonyl (C=O) groups is 1. The molecule has 1 atom stereocenters. The van der Waals surface area contributed by atoms with Crippen LogP contribution in [0.25, 0.3) is 0 Å². The Morgan fingerprint density at radius 3 is 2.48 bits per heavy atom. The van der Waals surface area contributed by atoms with E-state index < -0.39 is 0 Å². The number of ether oxygens (including phenoxy) is 2. The van der Waals surface area contributed by atoms with Crippen LogP contribution in [0.1, 0.15) is 22.0 Å². The molecule has 0 aromatic heterocycles. The van der Waals surface area contributed by atoms with Crippen LogP contribution in [0, 0.1) is 0 Å². The van der Waals surface area contributed by atoms with Gasteiger partial charge in [-0.25, -0.2) is 0 Å². The Morgan fingerprint density at radius 1 is 1.15 bits per heavy atom. The molecule has 1 aliphatic rings. The summed E-state index contributed by atoms with van der Waals surface area (Å²) in [5, 5.41) is 3.84. The summed E-state index contributed by atoms with van der Waals surface area (Å²) in [4.78, 5) is 14.0. The van der Waals surface area contributed by atoms with Crippen LogP contribution in [0.5, 0.6) is 5.75 Å². The van der Waals surface area contributed by atoms with Crippen LogP contribution in [0.15, 0.2) is 42.5 Å². The van der Waals surface area contributed by atoms with Crippen molar-refractivity contribution >= 4 is 29.1 Å². The van der Waals surface area contributed by atoms with E-state index in [1.54, 1.807) is 25.3 Å². The molecule has 0 saturated carbocycles. The summed E-state index contributed by atoms with van der Waals surface area (Å²) in [5.41, 5.74) is 1.65. The third-order valence-electron chi connectivity index (χ3n) is 4.79. The monoisotopic (exact) mass is 409 g/mol. The zero-order valence-electron chi connectivity index (χ0n) is 15.1. The molecular formula is C20H23Cl2N2O3+. The van der Waals surface area contributed by atoms with E-state index in [4.69, 9.17) is 32.7 Å². The first kappa shape index (κ1) is 20.0. The van der Waals surface area contributed by atoms with Crippen molar-refractivity contribution < 1.29 is 19.2 Å². The lowest BCUT2D eigenvalue weighted by molar-refractivity contribution is -0.937. The Hall–Kier alpha value is -1.79. The van der Waals surface area contributed by atoms with Crippen LogP contribution in [-0.4, -0.2) is 45.9 Å². The van der Waals surface area contributed by atoms with Crippen molar-refractivity contribution in [3.63, 3.8) is 0 Å². The quantitative estimate of drug-likeness (QED) is 0.769. The van der Waals surface area contributed by atoms with Gasteiger partial charge in [0.25, 0.3) is 5.91 Å². The molecule has 0 aliphatic carbocycles.